The molecule has 1 heterocycles. The summed E-state index contributed by atoms with van der Waals surface area (Å²) >= 11 is 1.62. The largest absolute Gasteiger partial charge is 0.497 e. The van der Waals surface area contributed by atoms with E-state index in [1.54, 1.807) is 37.5 Å². The van der Waals surface area contributed by atoms with Gasteiger partial charge in [0, 0.05) is 16.5 Å². The van der Waals surface area contributed by atoms with Crippen LogP contribution < -0.4 is 9.47 Å². The van der Waals surface area contributed by atoms with Gasteiger partial charge in [-0.1, -0.05) is 5.16 Å². The highest BCUT2D eigenvalue weighted by Crippen LogP contribution is 2.27. The molecule has 1 aromatic carbocycles. The van der Waals surface area contributed by atoms with Gasteiger partial charge in [0.25, 0.3) is 0 Å². The van der Waals surface area contributed by atoms with Gasteiger partial charge in [0.1, 0.15) is 23.1 Å². The van der Waals surface area contributed by atoms with E-state index in [-0.39, 0.29) is 0 Å². The molecule has 1 N–H and O–H groups in total. The minimum absolute atomic E-state index is 0.373. The van der Waals surface area contributed by atoms with Crippen LogP contribution in [0.4, 0.5) is 0 Å². The number of nitrogens with zero attached hydrogens (tertiary/aromatic N) is 2. The number of aryl methyl sites for hydroxylation is 2. The van der Waals surface area contributed by atoms with E-state index in [4.69, 9.17) is 14.7 Å². The summed E-state index contributed by atoms with van der Waals surface area (Å²) in [6, 6.07) is 5.38. The summed E-state index contributed by atoms with van der Waals surface area (Å²) in [6.45, 7) is 6.11. The van der Waals surface area contributed by atoms with Gasteiger partial charge in [-0.05, 0) is 32.9 Å². The van der Waals surface area contributed by atoms with Crippen LogP contribution in [0, 0.1) is 13.8 Å². The quantitative estimate of drug-likeness (QED) is 0.521. The predicted molar refractivity (Wildman–Crippen MR) is 82.9 cm³/mol. The van der Waals surface area contributed by atoms with Crippen LogP contribution in [0.25, 0.3) is 0 Å². The molecule has 0 amide bonds. The number of hydrogen-bond donors (Lipinski definition) is 1. The molecule has 0 aliphatic heterocycles. The van der Waals surface area contributed by atoms with E-state index in [0.29, 0.717) is 23.8 Å². The van der Waals surface area contributed by atoms with E-state index in [9.17, 15) is 0 Å². The number of hydrogen-bond acceptors (Lipinski definition) is 6. The molecule has 0 atom stereocenters. The van der Waals surface area contributed by atoms with E-state index in [2.05, 4.69) is 10.1 Å². The van der Waals surface area contributed by atoms with Crippen molar-refractivity contribution in [3.05, 3.63) is 39.3 Å². The second-order valence-electron chi connectivity index (χ2n) is 4.59. The third-order valence-electron chi connectivity index (χ3n) is 3.15. The summed E-state index contributed by atoms with van der Waals surface area (Å²) in [5.74, 6) is 1.29. The molecule has 1 aromatic heterocycles. The Bertz CT molecular complexity index is 645. The Labute approximate surface area is 127 Å². The Kier molecular flexibility index (Phi) is 4.80. The molecule has 0 saturated carbocycles. The zero-order valence-electron chi connectivity index (χ0n) is 12.5. The summed E-state index contributed by atoms with van der Waals surface area (Å²) in [6.07, 6.45) is 0. The summed E-state index contributed by atoms with van der Waals surface area (Å²) in [5.41, 5.74) is 2.24. The van der Waals surface area contributed by atoms with Crippen LogP contribution in [0.1, 0.15) is 28.1 Å². The Morgan fingerprint density at radius 1 is 1.38 bits per heavy atom. The maximum Gasteiger partial charge on any atom is 0.140 e. The molecule has 112 valence electrons. The molecule has 0 unspecified atom stereocenters. The van der Waals surface area contributed by atoms with Crippen molar-refractivity contribution in [1.29, 1.82) is 0 Å². The zero-order chi connectivity index (χ0) is 15.4. The fraction of sp³-hybridized carbons (Fsp3) is 0.333. The first kappa shape index (κ1) is 15.3. The molecule has 0 spiro atoms. The third kappa shape index (κ3) is 3.52. The van der Waals surface area contributed by atoms with E-state index < -0.39 is 0 Å². The predicted octanol–water partition coefficient (Wildman–Crippen LogP) is 3.55. The van der Waals surface area contributed by atoms with Crippen LogP contribution in [0.2, 0.25) is 0 Å². The number of aromatic nitrogens is 1. The minimum Gasteiger partial charge on any atom is -0.497 e. The van der Waals surface area contributed by atoms with Crippen LogP contribution in [0.3, 0.4) is 0 Å². The molecule has 5 nitrogen and oxygen atoms in total. The van der Waals surface area contributed by atoms with E-state index in [1.165, 1.54) is 4.88 Å². The van der Waals surface area contributed by atoms with E-state index in [0.717, 1.165) is 16.3 Å². The molecule has 0 saturated heterocycles. The Morgan fingerprint density at radius 3 is 2.71 bits per heavy atom. The van der Waals surface area contributed by atoms with Crippen molar-refractivity contribution in [2.24, 2.45) is 5.16 Å². The zero-order valence-corrected chi connectivity index (χ0v) is 13.3. The number of thiazole rings is 1. The van der Waals surface area contributed by atoms with Crippen molar-refractivity contribution in [2.75, 3.05) is 7.11 Å². The lowest BCUT2D eigenvalue weighted by Gasteiger charge is -2.11. The third-order valence-corrected chi connectivity index (χ3v) is 4.20. The maximum absolute atomic E-state index is 8.96. The van der Waals surface area contributed by atoms with Gasteiger partial charge in [-0.2, -0.15) is 0 Å². The molecule has 0 bridgehead atoms. The van der Waals surface area contributed by atoms with Crippen molar-refractivity contribution in [2.45, 2.75) is 27.4 Å². The van der Waals surface area contributed by atoms with Crippen LogP contribution in [0.5, 0.6) is 11.5 Å². The molecule has 21 heavy (non-hydrogen) atoms. The minimum atomic E-state index is 0.373. The smallest absolute Gasteiger partial charge is 0.140 e. The highest BCUT2D eigenvalue weighted by molar-refractivity contribution is 7.11. The molecule has 0 aliphatic carbocycles. The van der Waals surface area contributed by atoms with Gasteiger partial charge >= 0.3 is 0 Å². The monoisotopic (exact) mass is 306 g/mol. The topological polar surface area (TPSA) is 63.9 Å². The molecule has 2 aromatic rings. The number of rotatable bonds is 5. The molecule has 2 rings (SSSR count). The van der Waals surface area contributed by atoms with Crippen molar-refractivity contribution >= 4 is 17.0 Å². The van der Waals surface area contributed by atoms with Crippen LogP contribution in [-0.2, 0) is 6.61 Å². The summed E-state index contributed by atoms with van der Waals surface area (Å²) < 4.78 is 11.0. The van der Waals surface area contributed by atoms with Crippen LogP contribution >= 0.6 is 11.3 Å². The van der Waals surface area contributed by atoms with Gasteiger partial charge < -0.3 is 14.7 Å². The molecule has 6 heteroatoms. The average Bonchev–Trinajstić information content (AvgIpc) is 2.82. The van der Waals surface area contributed by atoms with Crippen LogP contribution in [-0.4, -0.2) is 23.0 Å². The number of oxime groups is 1. The number of methoxy groups -OCH3 is 1. The van der Waals surface area contributed by atoms with Gasteiger partial charge in [0.05, 0.1) is 18.5 Å². The van der Waals surface area contributed by atoms with Crippen molar-refractivity contribution in [3.8, 4) is 11.5 Å². The Hall–Kier alpha value is -2.08. The van der Waals surface area contributed by atoms with Crippen molar-refractivity contribution in [3.63, 3.8) is 0 Å². The summed E-state index contributed by atoms with van der Waals surface area (Å²) in [7, 11) is 1.60. The van der Waals surface area contributed by atoms with Gasteiger partial charge in [-0.25, -0.2) is 4.98 Å². The van der Waals surface area contributed by atoms with Crippen molar-refractivity contribution in [1.82, 2.24) is 4.98 Å². The highest BCUT2D eigenvalue weighted by atomic mass is 32.1. The van der Waals surface area contributed by atoms with E-state index >= 15 is 0 Å². The van der Waals surface area contributed by atoms with Gasteiger partial charge in [-0.15, -0.1) is 11.3 Å². The Balaban J connectivity index is 2.24. The summed E-state index contributed by atoms with van der Waals surface area (Å²) in [4.78, 5) is 5.63. The fourth-order valence-corrected chi connectivity index (χ4v) is 2.69. The lowest BCUT2D eigenvalue weighted by Crippen LogP contribution is -2.03. The second kappa shape index (κ2) is 6.58. The van der Waals surface area contributed by atoms with Crippen LogP contribution in [0.15, 0.2) is 23.4 Å². The average molecular weight is 306 g/mol. The first-order valence-corrected chi connectivity index (χ1v) is 7.29. The first-order valence-electron chi connectivity index (χ1n) is 6.48. The van der Waals surface area contributed by atoms with Gasteiger partial charge in [0.2, 0.25) is 0 Å². The van der Waals surface area contributed by atoms with Crippen molar-refractivity contribution < 1.29 is 14.7 Å². The molecular weight excluding hydrogens is 288 g/mol. The standard InChI is InChI=1S/C15H18N2O3S/c1-9-11(3)21-15(16-9)8-20-14-7-12(19-4)5-6-13(14)10(2)17-18/h5-7,18H,8H2,1-4H3/b17-10+. The number of ether oxygens (including phenoxy) is 2. The molecule has 0 fully saturated rings. The Morgan fingerprint density at radius 2 is 2.14 bits per heavy atom. The molecule has 0 aliphatic rings. The molecule has 0 radical (unpaired) electrons. The molecular formula is C15H18N2O3S. The lowest BCUT2D eigenvalue weighted by molar-refractivity contribution is 0.300. The van der Waals surface area contributed by atoms with Gasteiger partial charge in [-0.3, -0.25) is 0 Å². The fourth-order valence-electron chi connectivity index (χ4n) is 1.84. The SMILES string of the molecule is COc1ccc(/C(C)=N/O)c(OCc2nc(C)c(C)s2)c1. The van der Waals surface area contributed by atoms with Gasteiger partial charge in [0.15, 0.2) is 0 Å². The summed E-state index contributed by atoms with van der Waals surface area (Å²) in [5, 5.41) is 13.1. The van der Waals surface area contributed by atoms with E-state index in [1.807, 2.05) is 19.9 Å². The normalized spacial score (nSPS) is 11.5. The first-order chi connectivity index (χ1) is 10.0. The second-order valence-corrected chi connectivity index (χ2v) is 5.87. The highest BCUT2D eigenvalue weighted by Gasteiger charge is 2.11. The maximum atomic E-state index is 8.96. The lowest BCUT2D eigenvalue weighted by atomic mass is 10.1. The number of benzene rings is 1.